The van der Waals surface area contributed by atoms with Crippen molar-refractivity contribution in [3.8, 4) is 11.5 Å². The Kier molecular flexibility index (Phi) is 4.13. The standard InChI is InChI=1S/C18H17ClN2O4/c19-12-6-7-15(16(11-12)21(22)23)20-8-2-4-14(20)13-3-1-5-17-18(13)25-10-9-24-17/h1,3,5-7,11,14H,2,4,8-10H2. The number of hydrogen-bond acceptors (Lipinski definition) is 5. The third-order valence-corrected chi connectivity index (χ3v) is 4.89. The summed E-state index contributed by atoms with van der Waals surface area (Å²) in [7, 11) is 0. The van der Waals surface area contributed by atoms with Gasteiger partial charge in [-0.15, -0.1) is 0 Å². The number of benzene rings is 2. The van der Waals surface area contributed by atoms with Gasteiger partial charge in [0.15, 0.2) is 11.5 Å². The minimum Gasteiger partial charge on any atom is -0.486 e. The topological polar surface area (TPSA) is 64.8 Å². The molecule has 2 aliphatic rings. The van der Waals surface area contributed by atoms with Gasteiger partial charge in [-0.1, -0.05) is 23.7 Å². The average Bonchev–Trinajstić information content (AvgIpc) is 3.10. The van der Waals surface area contributed by atoms with E-state index in [2.05, 4.69) is 4.90 Å². The van der Waals surface area contributed by atoms with E-state index in [0.717, 1.165) is 36.4 Å². The van der Waals surface area contributed by atoms with E-state index in [1.165, 1.54) is 6.07 Å². The molecule has 0 spiro atoms. The Hall–Kier alpha value is -2.47. The highest BCUT2D eigenvalue weighted by molar-refractivity contribution is 6.30. The predicted octanol–water partition coefficient (Wildman–Crippen LogP) is 4.36. The number of hydrogen-bond donors (Lipinski definition) is 0. The summed E-state index contributed by atoms with van der Waals surface area (Å²) in [6, 6.07) is 10.7. The first kappa shape index (κ1) is 16.0. The molecule has 1 atom stereocenters. The average molecular weight is 361 g/mol. The number of anilines is 1. The fourth-order valence-electron chi connectivity index (χ4n) is 3.62. The summed E-state index contributed by atoms with van der Waals surface area (Å²) in [6.07, 6.45) is 1.86. The lowest BCUT2D eigenvalue weighted by Gasteiger charge is -2.30. The minimum atomic E-state index is -0.378. The molecule has 0 aliphatic carbocycles. The maximum Gasteiger partial charge on any atom is 0.294 e. The van der Waals surface area contributed by atoms with Gasteiger partial charge in [-0.25, -0.2) is 0 Å². The number of nitro groups is 1. The maximum absolute atomic E-state index is 11.5. The van der Waals surface area contributed by atoms with E-state index in [4.69, 9.17) is 21.1 Å². The van der Waals surface area contributed by atoms with Crippen LogP contribution >= 0.6 is 11.6 Å². The highest BCUT2D eigenvalue weighted by atomic mass is 35.5. The van der Waals surface area contributed by atoms with Gasteiger partial charge in [0, 0.05) is 23.2 Å². The zero-order chi connectivity index (χ0) is 17.4. The second kappa shape index (κ2) is 6.44. The normalized spacial score (nSPS) is 19.1. The Morgan fingerprint density at radius 2 is 2.04 bits per heavy atom. The van der Waals surface area contributed by atoms with Crippen LogP contribution in [0.3, 0.4) is 0 Å². The molecule has 2 aromatic carbocycles. The Morgan fingerprint density at radius 1 is 1.20 bits per heavy atom. The van der Waals surface area contributed by atoms with E-state index >= 15 is 0 Å². The lowest BCUT2D eigenvalue weighted by molar-refractivity contribution is -0.384. The van der Waals surface area contributed by atoms with Crippen LogP contribution in [0, 0.1) is 10.1 Å². The van der Waals surface area contributed by atoms with E-state index in [-0.39, 0.29) is 16.7 Å². The molecule has 0 radical (unpaired) electrons. The van der Waals surface area contributed by atoms with Crippen molar-refractivity contribution in [2.24, 2.45) is 0 Å². The number of ether oxygens (including phenoxy) is 2. The number of nitrogens with zero attached hydrogens (tertiary/aromatic N) is 2. The SMILES string of the molecule is O=[N+]([O-])c1cc(Cl)ccc1N1CCCC1c1cccc2c1OCCO2. The molecule has 25 heavy (non-hydrogen) atoms. The van der Waals surface area contributed by atoms with Gasteiger partial charge in [0.1, 0.15) is 18.9 Å². The molecule has 0 amide bonds. The van der Waals surface area contributed by atoms with E-state index < -0.39 is 0 Å². The molecule has 0 N–H and O–H groups in total. The molecule has 6 nitrogen and oxygen atoms in total. The molecule has 130 valence electrons. The van der Waals surface area contributed by atoms with Crippen LogP contribution < -0.4 is 14.4 Å². The van der Waals surface area contributed by atoms with Crippen LogP contribution in [0.15, 0.2) is 36.4 Å². The molecule has 1 saturated heterocycles. The van der Waals surface area contributed by atoms with E-state index in [1.807, 2.05) is 18.2 Å². The summed E-state index contributed by atoms with van der Waals surface area (Å²) in [5.41, 5.74) is 1.63. The van der Waals surface area contributed by atoms with Gasteiger partial charge in [0.25, 0.3) is 5.69 Å². The van der Waals surface area contributed by atoms with Crippen molar-refractivity contribution in [1.29, 1.82) is 0 Å². The smallest absolute Gasteiger partial charge is 0.294 e. The van der Waals surface area contributed by atoms with Crippen molar-refractivity contribution in [2.45, 2.75) is 18.9 Å². The van der Waals surface area contributed by atoms with Crippen LogP contribution in [0.25, 0.3) is 0 Å². The summed E-state index contributed by atoms with van der Waals surface area (Å²) < 4.78 is 11.5. The van der Waals surface area contributed by atoms with Crippen molar-refractivity contribution in [1.82, 2.24) is 0 Å². The van der Waals surface area contributed by atoms with Crippen LogP contribution in [0.2, 0.25) is 5.02 Å². The van der Waals surface area contributed by atoms with Gasteiger partial charge in [-0.3, -0.25) is 10.1 Å². The van der Waals surface area contributed by atoms with Gasteiger partial charge >= 0.3 is 0 Å². The van der Waals surface area contributed by atoms with Gasteiger partial charge < -0.3 is 14.4 Å². The monoisotopic (exact) mass is 360 g/mol. The Morgan fingerprint density at radius 3 is 2.88 bits per heavy atom. The largest absolute Gasteiger partial charge is 0.486 e. The molecule has 2 aromatic rings. The fraction of sp³-hybridized carbons (Fsp3) is 0.333. The van der Waals surface area contributed by atoms with Crippen LogP contribution in [0.5, 0.6) is 11.5 Å². The highest BCUT2D eigenvalue weighted by Gasteiger charge is 2.34. The zero-order valence-electron chi connectivity index (χ0n) is 13.5. The second-order valence-electron chi connectivity index (χ2n) is 6.11. The van der Waals surface area contributed by atoms with Crippen LogP contribution in [-0.2, 0) is 0 Å². The number of fused-ring (bicyclic) bond motifs is 1. The quantitative estimate of drug-likeness (QED) is 0.601. The van der Waals surface area contributed by atoms with Gasteiger partial charge in [0.05, 0.1) is 11.0 Å². The molecule has 4 rings (SSSR count). The zero-order valence-corrected chi connectivity index (χ0v) is 14.2. The summed E-state index contributed by atoms with van der Waals surface area (Å²) in [5, 5.41) is 11.8. The Balaban J connectivity index is 1.77. The molecule has 7 heteroatoms. The third kappa shape index (κ3) is 2.87. The number of nitro benzene ring substituents is 1. The molecule has 0 aromatic heterocycles. The second-order valence-corrected chi connectivity index (χ2v) is 6.55. The Labute approximate surface area is 150 Å². The summed E-state index contributed by atoms with van der Waals surface area (Å²) in [5.74, 6) is 1.49. The van der Waals surface area contributed by atoms with Crippen LogP contribution in [-0.4, -0.2) is 24.7 Å². The molecule has 0 bridgehead atoms. The van der Waals surface area contributed by atoms with E-state index in [9.17, 15) is 10.1 Å². The van der Waals surface area contributed by atoms with Crippen molar-refractivity contribution in [2.75, 3.05) is 24.7 Å². The molecule has 2 aliphatic heterocycles. The Bertz CT molecular complexity index is 827. The summed E-state index contributed by atoms with van der Waals surface area (Å²) in [4.78, 5) is 13.2. The first-order chi connectivity index (χ1) is 12.1. The van der Waals surface area contributed by atoms with Crippen molar-refractivity contribution < 1.29 is 14.4 Å². The number of rotatable bonds is 3. The van der Waals surface area contributed by atoms with Crippen LogP contribution in [0.4, 0.5) is 11.4 Å². The molecule has 1 fully saturated rings. The van der Waals surface area contributed by atoms with Gasteiger partial charge in [0.2, 0.25) is 0 Å². The lowest BCUT2D eigenvalue weighted by atomic mass is 10.0. The first-order valence-corrected chi connectivity index (χ1v) is 8.62. The summed E-state index contributed by atoms with van der Waals surface area (Å²) in [6.45, 7) is 1.79. The maximum atomic E-state index is 11.5. The molecule has 0 saturated carbocycles. The lowest BCUT2D eigenvalue weighted by Crippen LogP contribution is -2.25. The molecular weight excluding hydrogens is 344 g/mol. The first-order valence-electron chi connectivity index (χ1n) is 8.24. The van der Waals surface area contributed by atoms with Crippen molar-refractivity contribution in [3.63, 3.8) is 0 Å². The third-order valence-electron chi connectivity index (χ3n) is 4.65. The molecule has 2 heterocycles. The fourth-order valence-corrected chi connectivity index (χ4v) is 3.79. The van der Waals surface area contributed by atoms with Crippen molar-refractivity contribution >= 4 is 23.0 Å². The molecule has 1 unspecified atom stereocenters. The van der Waals surface area contributed by atoms with E-state index in [1.54, 1.807) is 12.1 Å². The summed E-state index contributed by atoms with van der Waals surface area (Å²) >= 11 is 5.96. The number of para-hydroxylation sites is 1. The minimum absolute atomic E-state index is 0.0107. The van der Waals surface area contributed by atoms with Crippen molar-refractivity contribution in [3.05, 3.63) is 57.1 Å². The molecular formula is C18H17ClN2O4. The van der Waals surface area contributed by atoms with Gasteiger partial charge in [-0.2, -0.15) is 0 Å². The van der Waals surface area contributed by atoms with E-state index in [0.29, 0.717) is 23.9 Å². The highest BCUT2D eigenvalue weighted by Crippen LogP contribution is 2.46. The van der Waals surface area contributed by atoms with Gasteiger partial charge in [-0.05, 0) is 31.0 Å². The predicted molar refractivity (Wildman–Crippen MR) is 94.9 cm³/mol. The van der Waals surface area contributed by atoms with Crippen LogP contribution in [0.1, 0.15) is 24.4 Å². The number of halogens is 1.